The lowest BCUT2D eigenvalue weighted by Gasteiger charge is -2.44. The lowest BCUT2D eigenvalue weighted by molar-refractivity contribution is -0.150. The maximum Gasteiger partial charge on any atom is 0.237 e. The van der Waals surface area contributed by atoms with Gasteiger partial charge < -0.3 is 15.0 Å². The molecule has 2 saturated heterocycles. The predicted octanol–water partition coefficient (Wildman–Crippen LogP) is 1.62. The molecular weight excluding hydrogens is 290 g/mol. The highest BCUT2D eigenvalue weighted by Gasteiger charge is 2.37. The van der Waals surface area contributed by atoms with Crippen LogP contribution in [0.15, 0.2) is 0 Å². The minimum Gasteiger partial charge on any atom is -0.374 e. The molecule has 3 fully saturated rings. The molecule has 0 bridgehead atoms. The summed E-state index contributed by atoms with van der Waals surface area (Å²) in [5.74, 6) is 0.320. The van der Waals surface area contributed by atoms with E-state index in [2.05, 4.69) is 29.0 Å². The van der Waals surface area contributed by atoms with Crippen molar-refractivity contribution in [1.82, 2.24) is 15.1 Å². The zero-order chi connectivity index (χ0) is 16.2. The third-order valence-electron chi connectivity index (χ3n) is 5.57. The van der Waals surface area contributed by atoms with Crippen molar-refractivity contribution in [2.45, 2.75) is 76.6 Å². The number of nitrogens with zero attached hydrogens (tertiary/aromatic N) is 2. The highest BCUT2D eigenvalue weighted by Crippen LogP contribution is 2.28. The second kappa shape index (κ2) is 7.95. The number of hydrogen-bond acceptors (Lipinski definition) is 4. The van der Waals surface area contributed by atoms with E-state index in [-0.39, 0.29) is 0 Å². The van der Waals surface area contributed by atoms with Crippen LogP contribution in [0.25, 0.3) is 0 Å². The summed E-state index contributed by atoms with van der Waals surface area (Å²) in [6.45, 7) is 8.57. The number of ether oxygens (including phenoxy) is 1. The number of carbonyl (C=O) groups is 1. The van der Waals surface area contributed by atoms with Crippen molar-refractivity contribution in [3.63, 3.8) is 0 Å². The van der Waals surface area contributed by atoms with Gasteiger partial charge in [0.05, 0.1) is 25.3 Å². The molecule has 1 aliphatic carbocycles. The summed E-state index contributed by atoms with van der Waals surface area (Å²) in [6, 6.07) is 1.50. The Balaban J connectivity index is 1.47. The molecule has 2 heterocycles. The van der Waals surface area contributed by atoms with Crippen LogP contribution < -0.4 is 5.32 Å². The summed E-state index contributed by atoms with van der Waals surface area (Å²) in [6.07, 6.45) is 7.33. The van der Waals surface area contributed by atoms with Crippen molar-refractivity contribution in [1.29, 1.82) is 0 Å². The van der Waals surface area contributed by atoms with Crippen LogP contribution in [-0.4, -0.2) is 72.7 Å². The van der Waals surface area contributed by atoms with E-state index >= 15 is 0 Å². The number of amides is 1. The Morgan fingerprint density at radius 2 is 1.87 bits per heavy atom. The van der Waals surface area contributed by atoms with Crippen LogP contribution in [-0.2, 0) is 9.53 Å². The summed E-state index contributed by atoms with van der Waals surface area (Å²) in [5.41, 5.74) is 0. The average Bonchev–Trinajstić information content (AvgIpc) is 2.55. The third-order valence-corrected chi connectivity index (χ3v) is 5.57. The molecule has 0 radical (unpaired) electrons. The quantitative estimate of drug-likeness (QED) is 0.854. The van der Waals surface area contributed by atoms with Crippen LogP contribution in [0.3, 0.4) is 0 Å². The first-order chi connectivity index (χ1) is 11.1. The van der Waals surface area contributed by atoms with E-state index in [0.717, 1.165) is 45.3 Å². The van der Waals surface area contributed by atoms with Crippen LogP contribution >= 0.6 is 0 Å². The number of morpholine rings is 1. The monoisotopic (exact) mass is 323 g/mol. The molecule has 0 aromatic rings. The average molecular weight is 323 g/mol. The van der Waals surface area contributed by atoms with Gasteiger partial charge in [0.15, 0.2) is 0 Å². The Morgan fingerprint density at radius 3 is 2.61 bits per heavy atom. The third kappa shape index (κ3) is 4.46. The molecule has 0 unspecified atom stereocenters. The lowest BCUT2D eigenvalue weighted by atomic mass is 9.90. The molecular formula is C18H33N3O2. The number of piperidine rings is 1. The highest BCUT2D eigenvalue weighted by molar-refractivity contribution is 5.78. The SMILES string of the molecule is CC(C)NC1CCN(CC(=O)N2CCO[C@@H]3CCCC[C@@H]32)CC1. The zero-order valence-corrected chi connectivity index (χ0v) is 14.8. The Morgan fingerprint density at radius 1 is 1.13 bits per heavy atom. The lowest BCUT2D eigenvalue weighted by Crippen LogP contribution is -2.57. The molecule has 0 aromatic heterocycles. The van der Waals surface area contributed by atoms with E-state index in [4.69, 9.17) is 4.74 Å². The van der Waals surface area contributed by atoms with Crippen LogP contribution in [0.4, 0.5) is 0 Å². The highest BCUT2D eigenvalue weighted by atomic mass is 16.5. The van der Waals surface area contributed by atoms with Gasteiger partial charge in [0, 0.05) is 31.7 Å². The molecule has 2 aliphatic heterocycles. The molecule has 1 amide bonds. The molecule has 0 spiro atoms. The van der Waals surface area contributed by atoms with Crippen molar-refractivity contribution in [2.75, 3.05) is 32.8 Å². The van der Waals surface area contributed by atoms with Crippen molar-refractivity contribution < 1.29 is 9.53 Å². The molecule has 0 aromatic carbocycles. The molecule has 23 heavy (non-hydrogen) atoms. The fourth-order valence-electron chi connectivity index (χ4n) is 4.42. The topological polar surface area (TPSA) is 44.8 Å². The first-order valence-electron chi connectivity index (χ1n) is 9.53. The largest absolute Gasteiger partial charge is 0.374 e. The van der Waals surface area contributed by atoms with Crippen LogP contribution in [0, 0.1) is 0 Å². The summed E-state index contributed by atoms with van der Waals surface area (Å²) in [7, 11) is 0. The number of nitrogens with one attached hydrogen (secondary N) is 1. The van der Waals surface area contributed by atoms with Crippen molar-refractivity contribution >= 4 is 5.91 Å². The number of fused-ring (bicyclic) bond motifs is 1. The van der Waals surface area contributed by atoms with Gasteiger partial charge in [-0.1, -0.05) is 26.7 Å². The second-order valence-corrected chi connectivity index (χ2v) is 7.72. The van der Waals surface area contributed by atoms with Gasteiger partial charge in [-0.05, 0) is 25.7 Å². The van der Waals surface area contributed by atoms with E-state index in [1.165, 1.54) is 12.8 Å². The van der Waals surface area contributed by atoms with E-state index in [0.29, 0.717) is 43.3 Å². The molecule has 3 rings (SSSR count). The van der Waals surface area contributed by atoms with Crippen molar-refractivity contribution in [2.24, 2.45) is 0 Å². The first kappa shape index (κ1) is 17.2. The van der Waals surface area contributed by atoms with E-state index in [1.807, 2.05) is 0 Å². The predicted molar refractivity (Wildman–Crippen MR) is 91.4 cm³/mol. The van der Waals surface area contributed by atoms with Crippen LogP contribution in [0.2, 0.25) is 0 Å². The van der Waals surface area contributed by atoms with Gasteiger partial charge in [-0.15, -0.1) is 0 Å². The number of rotatable bonds is 4. The van der Waals surface area contributed by atoms with E-state index in [9.17, 15) is 4.79 Å². The minimum atomic E-state index is 0.294. The van der Waals surface area contributed by atoms with Gasteiger partial charge >= 0.3 is 0 Å². The summed E-state index contributed by atoms with van der Waals surface area (Å²) in [5, 5.41) is 3.62. The fourth-order valence-corrected chi connectivity index (χ4v) is 4.42. The Kier molecular flexibility index (Phi) is 5.94. The molecule has 3 aliphatic rings. The molecule has 5 nitrogen and oxygen atoms in total. The van der Waals surface area contributed by atoms with Gasteiger partial charge in [0.2, 0.25) is 5.91 Å². The van der Waals surface area contributed by atoms with Crippen LogP contribution in [0.1, 0.15) is 52.4 Å². The van der Waals surface area contributed by atoms with Gasteiger partial charge in [-0.2, -0.15) is 0 Å². The smallest absolute Gasteiger partial charge is 0.237 e. The van der Waals surface area contributed by atoms with Gasteiger partial charge in [0.25, 0.3) is 0 Å². The van der Waals surface area contributed by atoms with Gasteiger partial charge in [-0.3, -0.25) is 9.69 Å². The Labute approximate surface area is 140 Å². The maximum absolute atomic E-state index is 12.8. The first-order valence-corrected chi connectivity index (χ1v) is 9.53. The molecule has 2 atom stereocenters. The van der Waals surface area contributed by atoms with Crippen molar-refractivity contribution in [3.05, 3.63) is 0 Å². The summed E-state index contributed by atoms with van der Waals surface area (Å²) in [4.78, 5) is 17.3. The summed E-state index contributed by atoms with van der Waals surface area (Å²) >= 11 is 0. The number of likely N-dealkylation sites (tertiary alicyclic amines) is 1. The minimum absolute atomic E-state index is 0.294. The standard InChI is InChI=1S/C18H33N3O2/c1-14(2)19-15-7-9-20(10-8-15)13-18(22)21-11-12-23-17-6-4-3-5-16(17)21/h14-17,19H,3-13H2,1-2H3/t16-,17+/m0/s1. The van der Waals surface area contributed by atoms with Crippen molar-refractivity contribution in [3.8, 4) is 0 Å². The normalized spacial score (nSPS) is 30.5. The molecule has 132 valence electrons. The van der Waals surface area contributed by atoms with Gasteiger partial charge in [0.1, 0.15) is 0 Å². The molecule has 5 heteroatoms. The Hall–Kier alpha value is -0.650. The summed E-state index contributed by atoms with van der Waals surface area (Å²) < 4.78 is 5.89. The van der Waals surface area contributed by atoms with Crippen LogP contribution in [0.5, 0.6) is 0 Å². The number of hydrogen-bond donors (Lipinski definition) is 1. The second-order valence-electron chi connectivity index (χ2n) is 7.72. The fraction of sp³-hybridized carbons (Fsp3) is 0.944. The Bertz CT molecular complexity index is 392. The molecule has 1 N–H and O–H groups in total. The van der Waals surface area contributed by atoms with Gasteiger partial charge in [-0.25, -0.2) is 0 Å². The molecule has 1 saturated carbocycles. The number of carbonyl (C=O) groups excluding carboxylic acids is 1. The van der Waals surface area contributed by atoms with E-state index < -0.39 is 0 Å². The van der Waals surface area contributed by atoms with E-state index in [1.54, 1.807) is 0 Å². The zero-order valence-electron chi connectivity index (χ0n) is 14.8. The maximum atomic E-state index is 12.8.